The number of benzene rings is 1. The first-order chi connectivity index (χ1) is 6.20. The number of rotatable bonds is 1. The van der Waals surface area contributed by atoms with E-state index in [1.165, 1.54) is 6.07 Å². The summed E-state index contributed by atoms with van der Waals surface area (Å²) < 4.78 is 0. The van der Waals surface area contributed by atoms with Gasteiger partial charge in [0.1, 0.15) is 11.1 Å². The van der Waals surface area contributed by atoms with Crippen molar-refractivity contribution in [3.8, 4) is 0 Å². The molecule has 0 aliphatic rings. The second-order valence-corrected chi connectivity index (χ2v) is 2.54. The van der Waals surface area contributed by atoms with Crippen LogP contribution >= 0.6 is 0 Å². The standard InChI is InChI=1S/C7H6N4O2/c8-3-1-2-4-6(10-11-9-4)5(3)7(12)13/h1-2H,8H2,(H,12,13)(H,9,10,11). The maximum atomic E-state index is 10.8. The molecule has 2 rings (SSSR count). The maximum Gasteiger partial charge on any atom is 0.340 e. The lowest BCUT2D eigenvalue weighted by Gasteiger charge is -1.98. The van der Waals surface area contributed by atoms with Gasteiger partial charge in [-0.2, -0.15) is 0 Å². The molecule has 1 aromatic carbocycles. The highest BCUT2D eigenvalue weighted by atomic mass is 16.4. The third-order valence-corrected chi connectivity index (χ3v) is 1.74. The summed E-state index contributed by atoms with van der Waals surface area (Å²) in [5.41, 5.74) is 6.51. The molecule has 2 aromatic rings. The minimum absolute atomic E-state index is 0.00810. The predicted molar refractivity (Wildman–Crippen MR) is 45.3 cm³/mol. The summed E-state index contributed by atoms with van der Waals surface area (Å²) in [7, 11) is 0. The average Bonchev–Trinajstić information content (AvgIpc) is 2.50. The van der Waals surface area contributed by atoms with E-state index < -0.39 is 5.97 Å². The molecule has 0 saturated heterocycles. The Labute approximate surface area is 72.4 Å². The Morgan fingerprint density at radius 2 is 2.31 bits per heavy atom. The van der Waals surface area contributed by atoms with E-state index in [0.29, 0.717) is 5.52 Å². The van der Waals surface area contributed by atoms with Crippen LogP contribution in [0.1, 0.15) is 10.4 Å². The fraction of sp³-hybridized carbons (Fsp3) is 0. The molecule has 0 spiro atoms. The van der Waals surface area contributed by atoms with E-state index in [-0.39, 0.29) is 16.8 Å². The number of fused-ring (bicyclic) bond motifs is 1. The highest BCUT2D eigenvalue weighted by molar-refractivity contribution is 6.05. The van der Waals surface area contributed by atoms with Crippen molar-refractivity contribution in [2.75, 3.05) is 5.73 Å². The van der Waals surface area contributed by atoms with Crippen LogP contribution in [-0.2, 0) is 0 Å². The number of carboxylic acids is 1. The number of nitrogens with one attached hydrogen (secondary N) is 1. The molecule has 13 heavy (non-hydrogen) atoms. The zero-order chi connectivity index (χ0) is 9.42. The highest BCUT2D eigenvalue weighted by Gasteiger charge is 2.14. The van der Waals surface area contributed by atoms with Crippen LogP contribution in [-0.4, -0.2) is 26.5 Å². The van der Waals surface area contributed by atoms with Crippen LogP contribution in [0.3, 0.4) is 0 Å². The Morgan fingerprint density at radius 1 is 1.54 bits per heavy atom. The van der Waals surface area contributed by atoms with Gasteiger partial charge in [0, 0.05) is 5.69 Å². The van der Waals surface area contributed by atoms with Gasteiger partial charge in [-0.1, -0.05) is 5.21 Å². The molecule has 0 unspecified atom stereocenters. The molecule has 0 radical (unpaired) electrons. The number of hydrogen-bond acceptors (Lipinski definition) is 4. The number of hydrogen-bond donors (Lipinski definition) is 3. The van der Waals surface area contributed by atoms with Crippen LogP contribution in [0.25, 0.3) is 11.0 Å². The van der Waals surface area contributed by atoms with Gasteiger partial charge in [0.25, 0.3) is 0 Å². The third-order valence-electron chi connectivity index (χ3n) is 1.74. The van der Waals surface area contributed by atoms with Crippen LogP contribution in [0, 0.1) is 0 Å². The van der Waals surface area contributed by atoms with Crippen molar-refractivity contribution in [2.45, 2.75) is 0 Å². The second kappa shape index (κ2) is 2.44. The van der Waals surface area contributed by atoms with Crippen molar-refractivity contribution >= 4 is 22.7 Å². The summed E-state index contributed by atoms with van der Waals surface area (Å²) in [5.74, 6) is -1.10. The molecule has 0 aliphatic carbocycles. The van der Waals surface area contributed by atoms with E-state index >= 15 is 0 Å². The number of carbonyl (C=O) groups is 1. The molecule has 0 saturated carbocycles. The fourth-order valence-electron chi connectivity index (χ4n) is 1.15. The lowest BCUT2D eigenvalue weighted by Crippen LogP contribution is -2.03. The number of nitrogen functional groups attached to an aromatic ring is 1. The van der Waals surface area contributed by atoms with Crippen LogP contribution < -0.4 is 5.73 Å². The predicted octanol–water partition coefficient (Wildman–Crippen LogP) is 0.238. The Balaban J connectivity index is 2.88. The van der Waals surface area contributed by atoms with Crippen molar-refractivity contribution in [3.05, 3.63) is 17.7 Å². The smallest absolute Gasteiger partial charge is 0.340 e. The molecular formula is C7H6N4O2. The largest absolute Gasteiger partial charge is 0.478 e. The van der Waals surface area contributed by atoms with Gasteiger partial charge in [0.05, 0.1) is 5.52 Å². The van der Waals surface area contributed by atoms with E-state index in [0.717, 1.165) is 0 Å². The lowest BCUT2D eigenvalue weighted by atomic mass is 10.1. The minimum Gasteiger partial charge on any atom is -0.478 e. The fourth-order valence-corrected chi connectivity index (χ4v) is 1.15. The zero-order valence-electron chi connectivity index (χ0n) is 6.48. The molecule has 6 nitrogen and oxygen atoms in total. The number of H-pyrrole nitrogens is 1. The summed E-state index contributed by atoms with van der Waals surface area (Å²) in [6.45, 7) is 0. The Kier molecular flexibility index (Phi) is 1.42. The van der Waals surface area contributed by atoms with Crippen LogP contribution in [0.5, 0.6) is 0 Å². The van der Waals surface area contributed by atoms with E-state index in [2.05, 4.69) is 15.4 Å². The van der Waals surface area contributed by atoms with E-state index in [1.54, 1.807) is 6.07 Å². The van der Waals surface area contributed by atoms with Gasteiger partial charge in [-0.3, -0.25) is 5.10 Å². The van der Waals surface area contributed by atoms with Crippen LogP contribution in [0.2, 0.25) is 0 Å². The van der Waals surface area contributed by atoms with Gasteiger partial charge in [-0.05, 0) is 12.1 Å². The van der Waals surface area contributed by atoms with Gasteiger partial charge >= 0.3 is 5.97 Å². The number of aromatic nitrogens is 3. The number of anilines is 1. The first kappa shape index (κ1) is 7.53. The number of aromatic carboxylic acids is 1. The summed E-state index contributed by atoms with van der Waals surface area (Å²) in [5, 5.41) is 18.5. The van der Waals surface area contributed by atoms with Gasteiger partial charge in [-0.25, -0.2) is 4.79 Å². The molecule has 0 bridgehead atoms. The van der Waals surface area contributed by atoms with Gasteiger partial charge in [0.2, 0.25) is 0 Å². The number of nitrogens with zero attached hydrogens (tertiary/aromatic N) is 2. The first-order valence-corrected chi connectivity index (χ1v) is 3.52. The molecule has 0 fully saturated rings. The Morgan fingerprint density at radius 3 is 3.00 bits per heavy atom. The third kappa shape index (κ3) is 0.994. The quantitative estimate of drug-likeness (QED) is 0.542. The van der Waals surface area contributed by atoms with E-state index in [1.807, 2.05) is 0 Å². The average molecular weight is 178 g/mol. The van der Waals surface area contributed by atoms with Crippen LogP contribution in [0.15, 0.2) is 12.1 Å². The zero-order valence-corrected chi connectivity index (χ0v) is 6.48. The van der Waals surface area contributed by atoms with Crippen molar-refractivity contribution in [1.82, 2.24) is 15.4 Å². The molecule has 0 amide bonds. The molecule has 0 atom stereocenters. The van der Waals surface area contributed by atoms with Crippen molar-refractivity contribution in [3.63, 3.8) is 0 Å². The molecule has 66 valence electrons. The summed E-state index contributed by atoms with van der Waals surface area (Å²) >= 11 is 0. The topological polar surface area (TPSA) is 105 Å². The highest BCUT2D eigenvalue weighted by Crippen LogP contribution is 2.20. The van der Waals surface area contributed by atoms with Crippen molar-refractivity contribution in [2.24, 2.45) is 0 Å². The van der Waals surface area contributed by atoms with Gasteiger partial charge < -0.3 is 10.8 Å². The molecule has 6 heteroatoms. The molecule has 0 aliphatic heterocycles. The maximum absolute atomic E-state index is 10.8. The van der Waals surface area contributed by atoms with Gasteiger partial charge in [-0.15, -0.1) is 5.10 Å². The van der Waals surface area contributed by atoms with Gasteiger partial charge in [0.15, 0.2) is 0 Å². The lowest BCUT2D eigenvalue weighted by molar-refractivity contribution is 0.0700. The van der Waals surface area contributed by atoms with Crippen molar-refractivity contribution in [1.29, 1.82) is 0 Å². The summed E-state index contributed by atoms with van der Waals surface area (Å²) in [4.78, 5) is 10.8. The monoisotopic (exact) mass is 178 g/mol. The molecule has 1 aromatic heterocycles. The number of carboxylic acid groups (broad SMARTS) is 1. The number of aromatic amines is 1. The molecular weight excluding hydrogens is 172 g/mol. The summed E-state index contributed by atoms with van der Waals surface area (Å²) in [6.07, 6.45) is 0. The summed E-state index contributed by atoms with van der Waals surface area (Å²) in [6, 6.07) is 3.14. The second-order valence-electron chi connectivity index (χ2n) is 2.54. The Hall–Kier alpha value is -2.11. The molecule has 1 heterocycles. The van der Waals surface area contributed by atoms with E-state index in [9.17, 15) is 4.79 Å². The first-order valence-electron chi connectivity index (χ1n) is 3.52. The van der Waals surface area contributed by atoms with E-state index in [4.69, 9.17) is 10.8 Å². The SMILES string of the molecule is Nc1ccc2[nH]nnc2c1C(=O)O. The Bertz CT molecular complexity index is 476. The van der Waals surface area contributed by atoms with Crippen molar-refractivity contribution < 1.29 is 9.90 Å². The van der Waals surface area contributed by atoms with Crippen LogP contribution in [0.4, 0.5) is 5.69 Å². The normalized spacial score (nSPS) is 10.5. The molecule has 4 N–H and O–H groups in total. The number of nitrogens with two attached hydrogens (primary N) is 1. The minimum atomic E-state index is -1.10.